The Morgan fingerprint density at radius 1 is 1.75 bits per heavy atom. The molecule has 2 atom stereocenters. The van der Waals surface area contributed by atoms with Gasteiger partial charge < -0.3 is 9.88 Å². The fourth-order valence-electron chi connectivity index (χ4n) is 1.40. The molecule has 1 rings (SSSR count). The number of amides is 1. The minimum absolute atomic E-state index is 0.248. The highest BCUT2D eigenvalue weighted by molar-refractivity contribution is 5.81. The summed E-state index contributed by atoms with van der Waals surface area (Å²) in [6.45, 7) is 3.62. The maximum Gasteiger partial charge on any atom is 0.237 e. The standard InChI is InChI=1S/C10H15N5O/c1-4-8(5-11)10(16)13-7(2)9-14-12-6-15(9)3/h6-8H,4H2,1-3H3,(H,13,16). The Labute approximate surface area is 94.3 Å². The molecule has 0 aliphatic heterocycles. The Bertz CT molecular complexity index is 406. The largest absolute Gasteiger partial charge is 0.345 e. The van der Waals surface area contributed by atoms with Crippen molar-refractivity contribution in [2.45, 2.75) is 26.3 Å². The van der Waals surface area contributed by atoms with E-state index in [1.807, 2.05) is 13.0 Å². The quantitative estimate of drug-likeness (QED) is 0.804. The molecule has 1 heterocycles. The highest BCUT2D eigenvalue weighted by atomic mass is 16.1. The summed E-state index contributed by atoms with van der Waals surface area (Å²) in [5.74, 6) is -0.197. The molecule has 0 bridgehead atoms. The van der Waals surface area contributed by atoms with Gasteiger partial charge in [0.05, 0.1) is 12.1 Å². The highest BCUT2D eigenvalue weighted by Crippen LogP contribution is 2.09. The van der Waals surface area contributed by atoms with Crippen LogP contribution in [-0.4, -0.2) is 20.7 Å². The van der Waals surface area contributed by atoms with Crippen molar-refractivity contribution in [3.8, 4) is 6.07 Å². The zero-order valence-electron chi connectivity index (χ0n) is 9.64. The molecule has 6 nitrogen and oxygen atoms in total. The normalized spacial score (nSPS) is 13.9. The lowest BCUT2D eigenvalue weighted by molar-refractivity contribution is -0.124. The topological polar surface area (TPSA) is 83.6 Å². The number of nitriles is 1. The molecule has 1 amide bonds. The number of carbonyl (C=O) groups is 1. The second-order valence-electron chi connectivity index (χ2n) is 3.62. The average Bonchev–Trinajstić information content (AvgIpc) is 2.66. The minimum atomic E-state index is -0.601. The van der Waals surface area contributed by atoms with Crippen LogP contribution in [0.3, 0.4) is 0 Å². The number of aromatic nitrogens is 3. The average molecular weight is 221 g/mol. The Morgan fingerprint density at radius 2 is 2.44 bits per heavy atom. The van der Waals surface area contributed by atoms with Gasteiger partial charge in [-0.05, 0) is 13.3 Å². The summed E-state index contributed by atoms with van der Waals surface area (Å²) in [4.78, 5) is 11.6. The molecule has 0 saturated carbocycles. The molecule has 0 aromatic carbocycles. The molecule has 0 fully saturated rings. The summed E-state index contributed by atoms with van der Waals surface area (Å²) in [5.41, 5.74) is 0. The number of hydrogen-bond donors (Lipinski definition) is 1. The molecule has 1 aromatic rings. The maximum atomic E-state index is 11.6. The van der Waals surface area contributed by atoms with Gasteiger partial charge in [-0.3, -0.25) is 4.79 Å². The molecule has 0 aliphatic rings. The van der Waals surface area contributed by atoms with Crippen LogP contribution in [0.2, 0.25) is 0 Å². The van der Waals surface area contributed by atoms with E-state index in [2.05, 4.69) is 15.5 Å². The number of nitrogens with one attached hydrogen (secondary N) is 1. The fourth-order valence-corrected chi connectivity index (χ4v) is 1.40. The van der Waals surface area contributed by atoms with Crippen LogP contribution in [0.4, 0.5) is 0 Å². The highest BCUT2D eigenvalue weighted by Gasteiger charge is 2.20. The van der Waals surface area contributed by atoms with Gasteiger partial charge in [-0.15, -0.1) is 10.2 Å². The van der Waals surface area contributed by atoms with E-state index in [1.54, 1.807) is 24.9 Å². The maximum absolute atomic E-state index is 11.6. The second-order valence-corrected chi connectivity index (χ2v) is 3.62. The van der Waals surface area contributed by atoms with E-state index in [-0.39, 0.29) is 11.9 Å². The Morgan fingerprint density at radius 3 is 2.88 bits per heavy atom. The Balaban J connectivity index is 2.66. The molecular weight excluding hydrogens is 206 g/mol. The van der Waals surface area contributed by atoms with Gasteiger partial charge in [0.25, 0.3) is 0 Å². The van der Waals surface area contributed by atoms with Crippen LogP contribution in [0, 0.1) is 17.2 Å². The number of nitrogens with zero attached hydrogens (tertiary/aromatic N) is 4. The van der Waals surface area contributed by atoms with Crippen LogP contribution in [-0.2, 0) is 11.8 Å². The number of hydrogen-bond acceptors (Lipinski definition) is 4. The summed E-state index contributed by atoms with van der Waals surface area (Å²) in [6.07, 6.45) is 2.08. The summed E-state index contributed by atoms with van der Waals surface area (Å²) in [7, 11) is 1.81. The lowest BCUT2D eigenvalue weighted by Crippen LogP contribution is -2.33. The van der Waals surface area contributed by atoms with Crippen LogP contribution in [0.5, 0.6) is 0 Å². The molecule has 0 saturated heterocycles. The van der Waals surface area contributed by atoms with Crippen molar-refractivity contribution in [1.82, 2.24) is 20.1 Å². The van der Waals surface area contributed by atoms with Crippen LogP contribution in [0.1, 0.15) is 32.1 Å². The van der Waals surface area contributed by atoms with Crippen molar-refractivity contribution >= 4 is 5.91 Å². The Kier molecular flexibility index (Phi) is 4.00. The number of rotatable bonds is 4. The van der Waals surface area contributed by atoms with E-state index >= 15 is 0 Å². The van der Waals surface area contributed by atoms with Gasteiger partial charge in [0.1, 0.15) is 12.2 Å². The number of aryl methyl sites for hydroxylation is 1. The van der Waals surface area contributed by atoms with E-state index in [9.17, 15) is 4.79 Å². The van der Waals surface area contributed by atoms with Gasteiger partial charge in [-0.1, -0.05) is 6.92 Å². The molecule has 1 aromatic heterocycles. The molecule has 0 radical (unpaired) electrons. The molecule has 0 aliphatic carbocycles. The molecular formula is C10H15N5O. The number of carbonyl (C=O) groups excluding carboxylic acids is 1. The summed E-state index contributed by atoms with van der Waals surface area (Å²) in [5, 5.41) is 19.1. The summed E-state index contributed by atoms with van der Waals surface area (Å²) >= 11 is 0. The van der Waals surface area contributed by atoms with Crippen molar-refractivity contribution in [3.63, 3.8) is 0 Å². The summed E-state index contributed by atoms with van der Waals surface area (Å²) < 4.78 is 1.73. The molecule has 2 unspecified atom stereocenters. The van der Waals surface area contributed by atoms with Crippen molar-refractivity contribution in [3.05, 3.63) is 12.2 Å². The zero-order valence-corrected chi connectivity index (χ0v) is 9.64. The van der Waals surface area contributed by atoms with Gasteiger partial charge in [0.2, 0.25) is 5.91 Å². The monoisotopic (exact) mass is 221 g/mol. The molecule has 86 valence electrons. The predicted octanol–water partition coefficient (Wildman–Crippen LogP) is 0.542. The van der Waals surface area contributed by atoms with Crippen molar-refractivity contribution in [2.75, 3.05) is 0 Å². The third-order valence-corrected chi connectivity index (χ3v) is 2.37. The van der Waals surface area contributed by atoms with Gasteiger partial charge >= 0.3 is 0 Å². The first kappa shape index (κ1) is 12.2. The lowest BCUT2D eigenvalue weighted by atomic mass is 10.1. The van der Waals surface area contributed by atoms with Gasteiger partial charge in [-0.25, -0.2) is 0 Å². The first-order valence-corrected chi connectivity index (χ1v) is 5.14. The van der Waals surface area contributed by atoms with Crippen molar-refractivity contribution in [2.24, 2.45) is 13.0 Å². The van der Waals surface area contributed by atoms with E-state index < -0.39 is 5.92 Å². The zero-order chi connectivity index (χ0) is 12.1. The van der Waals surface area contributed by atoms with E-state index in [0.717, 1.165) is 0 Å². The fraction of sp³-hybridized carbons (Fsp3) is 0.600. The van der Waals surface area contributed by atoms with Gasteiger partial charge in [-0.2, -0.15) is 5.26 Å². The van der Waals surface area contributed by atoms with Crippen LogP contribution >= 0.6 is 0 Å². The minimum Gasteiger partial charge on any atom is -0.345 e. The van der Waals surface area contributed by atoms with Crippen LogP contribution in [0.25, 0.3) is 0 Å². The first-order chi connectivity index (χ1) is 7.60. The molecule has 1 N–H and O–H groups in total. The summed E-state index contributed by atoms with van der Waals surface area (Å²) in [6, 6.07) is 1.71. The van der Waals surface area contributed by atoms with E-state index in [4.69, 9.17) is 5.26 Å². The lowest BCUT2D eigenvalue weighted by Gasteiger charge is -2.14. The van der Waals surface area contributed by atoms with Crippen LogP contribution in [0.15, 0.2) is 6.33 Å². The molecule has 0 spiro atoms. The predicted molar refractivity (Wildman–Crippen MR) is 57.0 cm³/mol. The molecule has 6 heteroatoms. The van der Waals surface area contributed by atoms with Crippen LogP contribution < -0.4 is 5.32 Å². The van der Waals surface area contributed by atoms with Gasteiger partial charge in [0, 0.05) is 7.05 Å². The SMILES string of the molecule is CCC(C#N)C(=O)NC(C)c1nncn1C. The Hall–Kier alpha value is -1.90. The smallest absolute Gasteiger partial charge is 0.237 e. The third kappa shape index (κ3) is 2.57. The van der Waals surface area contributed by atoms with E-state index in [1.165, 1.54) is 0 Å². The van der Waals surface area contributed by atoms with Gasteiger partial charge in [0.15, 0.2) is 5.82 Å². The third-order valence-electron chi connectivity index (χ3n) is 2.37. The van der Waals surface area contributed by atoms with Crippen molar-refractivity contribution < 1.29 is 4.79 Å². The van der Waals surface area contributed by atoms with E-state index in [0.29, 0.717) is 12.2 Å². The van der Waals surface area contributed by atoms with Crippen molar-refractivity contribution in [1.29, 1.82) is 5.26 Å². The first-order valence-electron chi connectivity index (χ1n) is 5.14. The second kappa shape index (κ2) is 5.26. The molecule has 16 heavy (non-hydrogen) atoms.